The van der Waals surface area contributed by atoms with Gasteiger partial charge in [-0.1, -0.05) is 12.1 Å². The van der Waals surface area contributed by atoms with Gasteiger partial charge in [0.25, 0.3) is 5.91 Å². The van der Waals surface area contributed by atoms with Gasteiger partial charge in [-0.3, -0.25) is 4.79 Å². The monoisotopic (exact) mass is 321 g/mol. The number of methoxy groups -OCH3 is 1. The topological polar surface area (TPSA) is 66.2 Å². The van der Waals surface area contributed by atoms with Gasteiger partial charge in [0.2, 0.25) is 0 Å². The van der Waals surface area contributed by atoms with Crippen LogP contribution < -0.4 is 0 Å². The summed E-state index contributed by atoms with van der Waals surface area (Å²) in [6.07, 6.45) is 3.69. The molecule has 2 aromatic rings. The average Bonchev–Trinajstić information content (AvgIpc) is 3.10. The molecule has 1 atom stereocenters. The third-order valence-corrected chi connectivity index (χ3v) is 4.34. The van der Waals surface area contributed by atoms with E-state index in [9.17, 15) is 4.79 Å². The molecule has 0 saturated carbocycles. The number of carbonyl (C=O) groups excluding carboxylic acids is 1. The average molecular weight is 321 g/mol. The number of nitriles is 1. The molecule has 122 valence electrons. The summed E-state index contributed by atoms with van der Waals surface area (Å²) in [5.41, 5.74) is 2.97. The Kier molecular flexibility index (Phi) is 4.88. The second kappa shape index (κ2) is 7.24. The standard InChI is InChI=1S/C19H19N3O2/c1-24-13-18-3-2-10-22(18)19(23)15-6-4-14(5-7-15)16-8-9-17(11-20)21-12-16/h4-9,12,18H,2-3,10,13H2,1H3/t18-/m0/s1. The van der Waals surface area contributed by atoms with E-state index < -0.39 is 0 Å². The quantitative estimate of drug-likeness (QED) is 0.868. The Morgan fingerprint density at radius 1 is 1.29 bits per heavy atom. The number of ether oxygens (including phenoxy) is 1. The Morgan fingerprint density at radius 3 is 2.67 bits per heavy atom. The van der Waals surface area contributed by atoms with E-state index in [1.165, 1.54) is 0 Å². The third kappa shape index (κ3) is 3.29. The van der Waals surface area contributed by atoms with Crippen molar-refractivity contribution in [3.63, 3.8) is 0 Å². The van der Waals surface area contributed by atoms with Crippen LogP contribution in [0, 0.1) is 11.3 Å². The molecule has 2 heterocycles. The highest BCUT2D eigenvalue weighted by molar-refractivity contribution is 5.95. The van der Waals surface area contributed by atoms with Gasteiger partial charge in [0.15, 0.2) is 0 Å². The third-order valence-electron chi connectivity index (χ3n) is 4.34. The molecule has 5 nitrogen and oxygen atoms in total. The van der Waals surface area contributed by atoms with Gasteiger partial charge in [-0.25, -0.2) is 4.98 Å². The van der Waals surface area contributed by atoms with Gasteiger partial charge in [-0.2, -0.15) is 5.26 Å². The number of aromatic nitrogens is 1. The van der Waals surface area contributed by atoms with Crippen LogP contribution in [0.15, 0.2) is 42.6 Å². The molecule has 0 aliphatic carbocycles. The van der Waals surface area contributed by atoms with Crippen molar-refractivity contribution in [2.45, 2.75) is 18.9 Å². The fourth-order valence-electron chi connectivity index (χ4n) is 3.07. The molecule has 1 amide bonds. The lowest BCUT2D eigenvalue weighted by Crippen LogP contribution is -2.38. The summed E-state index contributed by atoms with van der Waals surface area (Å²) in [4.78, 5) is 18.7. The number of likely N-dealkylation sites (tertiary alicyclic amines) is 1. The zero-order valence-corrected chi connectivity index (χ0v) is 13.6. The number of nitrogens with zero attached hydrogens (tertiary/aromatic N) is 3. The molecule has 0 unspecified atom stereocenters. The molecular weight excluding hydrogens is 302 g/mol. The lowest BCUT2D eigenvalue weighted by Gasteiger charge is -2.24. The maximum Gasteiger partial charge on any atom is 0.254 e. The smallest absolute Gasteiger partial charge is 0.254 e. The maximum absolute atomic E-state index is 12.7. The van der Waals surface area contributed by atoms with Crippen LogP contribution in [0.1, 0.15) is 28.9 Å². The first-order valence-electron chi connectivity index (χ1n) is 7.99. The second-order valence-electron chi connectivity index (χ2n) is 5.87. The Morgan fingerprint density at radius 2 is 2.04 bits per heavy atom. The first-order chi connectivity index (χ1) is 11.7. The minimum atomic E-state index is 0.0547. The van der Waals surface area contributed by atoms with E-state index in [1.54, 1.807) is 19.4 Å². The first-order valence-corrected chi connectivity index (χ1v) is 7.99. The van der Waals surface area contributed by atoms with Crippen molar-refractivity contribution in [2.24, 2.45) is 0 Å². The number of rotatable bonds is 4. The molecule has 1 aromatic heterocycles. The van der Waals surface area contributed by atoms with Crippen LogP contribution in [-0.2, 0) is 4.74 Å². The number of benzene rings is 1. The Balaban J connectivity index is 1.76. The SMILES string of the molecule is COC[C@@H]1CCCN1C(=O)c1ccc(-c2ccc(C#N)nc2)cc1. The molecule has 1 aliphatic rings. The fourth-order valence-corrected chi connectivity index (χ4v) is 3.07. The summed E-state index contributed by atoms with van der Waals surface area (Å²) in [6.45, 7) is 1.37. The summed E-state index contributed by atoms with van der Waals surface area (Å²) in [7, 11) is 1.67. The van der Waals surface area contributed by atoms with Crippen LogP contribution in [0.2, 0.25) is 0 Å². The normalized spacial score (nSPS) is 16.8. The van der Waals surface area contributed by atoms with E-state index in [1.807, 2.05) is 41.3 Å². The van der Waals surface area contributed by atoms with Gasteiger partial charge < -0.3 is 9.64 Å². The highest BCUT2D eigenvalue weighted by atomic mass is 16.5. The molecule has 1 aliphatic heterocycles. The molecule has 1 aromatic carbocycles. The molecule has 1 fully saturated rings. The van der Waals surface area contributed by atoms with Gasteiger partial charge in [-0.15, -0.1) is 0 Å². The van der Waals surface area contributed by atoms with E-state index in [0.29, 0.717) is 17.9 Å². The van der Waals surface area contributed by atoms with E-state index >= 15 is 0 Å². The summed E-state index contributed by atoms with van der Waals surface area (Å²) < 4.78 is 5.21. The zero-order chi connectivity index (χ0) is 16.9. The summed E-state index contributed by atoms with van der Waals surface area (Å²) in [5.74, 6) is 0.0547. The van der Waals surface area contributed by atoms with Crippen LogP contribution in [0.4, 0.5) is 0 Å². The van der Waals surface area contributed by atoms with E-state index in [4.69, 9.17) is 10.00 Å². The van der Waals surface area contributed by atoms with Gasteiger partial charge in [0.05, 0.1) is 12.6 Å². The van der Waals surface area contributed by atoms with Crippen molar-refractivity contribution in [3.8, 4) is 17.2 Å². The van der Waals surface area contributed by atoms with Crippen molar-refractivity contribution in [1.82, 2.24) is 9.88 Å². The summed E-state index contributed by atoms with van der Waals surface area (Å²) in [5, 5.41) is 8.80. The van der Waals surface area contributed by atoms with Crippen LogP contribution in [-0.4, -0.2) is 42.1 Å². The minimum absolute atomic E-state index is 0.0547. The van der Waals surface area contributed by atoms with Crippen molar-refractivity contribution >= 4 is 5.91 Å². The molecule has 5 heteroatoms. The van der Waals surface area contributed by atoms with Crippen molar-refractivity contribution < 1.29 is 9.53 Å². The van der Waals surface area contributed by atoms with E-state index in [-0.39, 0.29) is 11.9 Å². The first kappa shape index (κ1) is 16.2. The fraction of sp³-hybridized carbons (Fsp3) is 0.316. The molecule has 3 rings (SSSR count). The van der Waals surface area contributed by atoms with Crippen molar-refractivity contribution in [3.05, 3.63) is 53.9 Å². The second-order valence-corrected chi connectivity index (χ2v) is 5.87. The minimum Gasteiger partial charge on any atom is -0.383 e. The predicted molar refractivity (Wildman–Crippen MR) is 90.3 cm³/mol. The van der Waals surface area contributed by atoms with Crippen molar-refractivity contribution in [2.75, 3.05) is 20.3 Å². The Labute approximate surface area is 141 Å². The predicted octanol–water partition coefficient (Wildman–Crippen LogP) is 2.87. The summed E-state index contributed by atoms with van der Waals surface area (Å²) >= 11 is 0. The number of hydrogen-bond donors (Lipinski definition) is 0. The zero-order valence-electron chi connectivity index (χ0n) is 13.6. The molecule has 24 heavy (non-hydrogen) atoms. The number of pyridine rings is 1. The largest absolute Gasteiger partial charge is 0.383 e. The van der Waals surface area contributed by atoms with Crippen LogP contribution in [0.5, 0.6) is 0 Å². The molecule has 1 saturated heterocycles. The van der Waals surface area contributed by atoms with Crippen LogP contribution >= 0.6 is 0 Å². The van der Waals surface area contributed by atoms with E-state index in [0.717, 1.165) is 30.5 Å². The highest BCUT2D eigenvalue weighted by Crippen LogP contribution is 2.23. The number of hydrogen-bond acceptors (Lipinski definition) is 4. The Hall–Kier alpha value is -2.71. The molecule has 0 spiro atoms. The van der Waals surface area contributed by atoms with Gasteiger partial charge in [0, 0.05) is 31.0 Å². The van der Waals surface area contributed by atoms with Crippen molar-refractivity contribution in [1.29, 1.82) is 5.26 Å². The number of carbonyl (C=O) groups is 1. The maximum atomic E-state index is 12.7. The molecule has 0 N–H and O–H groups in total. The van der Waals surface area contributed by atoms with E-state index in [2.05, 4.69) is 4.98 Å². The Bertz CT molecular complexity index is 748. The summed E-state index contributed by atoms with van der Waals surface area (Å²) in [6, 6.07) is 13.2. The lowest BCUT2D eigenvalue weighted by atomic mass is 10.0. The molecule has 0 bridgehead atoms. The van der Waals surface area contributed by atoms with Crippen LogP contribution in [0.25, 0.3) is 11.1 Å². The molecule has 0 radical (unpaired) electrons. The molecular formula is C19H19N3O2. The van der Waals surface area contributed by atoms with Crippen LogP contribution in [0.3, 0.4) is 0 Å². The highest BCUT2D eigenvalue weighted by Gasteiger charge is 2.29. The van der Waals surface area contributed by atoms with Gasteiger partial charge in [0.1, 0.15) is 11.8 Å². The van der Waals surface area contributed by atoms with Gasteiger partial charge >= 0.3 is 0 Å². The lowest BCUT2D eigenvalue weighted by molar-refractivity contribution is 0.0630. The number of amides is 1. The van der Waals surface area contributed by atoms with Gasteiger partial charge in [-0.05, 0) is 42.7 Å².